The van der Waals surface area contributed by atoms with Gasteiger partial charge in [-0.2, -0.15) is 0 Å². The molecule has 1 aromatic carbocycles. The highest BCUT2D eigenvalue weighted by molar-refractivity contribution is 5.92. The second kappa shape index (κ2) is 4.62. The number of ether oxygens (including phenoxy) is 1. The molecule has 1 aromatic rings. The maximum atomic E-state index is 12.5. The van der Waals surface area contributed by atoms with Gasteiger partial charge in [0.1, 0.15) is 11.7 Å². The van der Waals surface area contributed by atoms with Crippen LogP contribution in [0.25, 0.3) is 0 Å². The highest BCUT2D eigenvalue weighted by Crippen LogP contribution is 2.45. The van der Waals surface area contributed by atoms with Crippen LogP contribution in [0.1, 0.15) is 30.1 Å². The zero-order valence-electron chi connectivity index (χ0n) is 11.5. The van der Waals surface area contributed by atoms with Gasteiger partial charge in [-0.15, -0.1) is 0 Å². The molecule has 1 saturated carbocycles. The van der Waals surface area contributed by atoms with Gasteiger partial charge in [-0.05, 0) is 25.3 Å². The maximum Gasteiger partial charge on any atom is 0.244 e. The molecule has 0 aromatic heterocycles. The molecular formula is C15H20N2O2. The number of carbonyl (C=O) groups excluding carboxylic acids is 1. The zero-order chi connectivity index (χ0) is 13.5. The molecule has 2 fully saturated rings. The van der Waals surface area contributed by atoms with Crippen molar-refractivity contribution in [1.29, 1.82) is 0 Å². The van der Waals surface area contributed by atoms with Gasteiger partial charge in [-0.25, -0.2) is 0 Å². The summed E-state index contributed by atoms with van der Waals surface area (Å²) in [5.74, 6) is 0.232. The lowest BCUT2D eigenvalue weighted by atomic mass is 10.1. The summed E-state index contributed by atoms with van der Waals surface area (Å²) < 4.78 is 5.12. The molecule has 19 heavy (non-hydrogen) atoms. The molecule has 4 nitrogen and oxygen atoms in total. The normalized spacial score (nSPS) is 24.2. The third kappa shape index (κ3) is 2.15. The molecule has 3 rings (SSSR count). The number of carbonyl (C=O) groups is 1. The van der Waals surface area contributed by atoms with Crippen molar-refractivity contribution in [2.24, 2.45) is 0 Å². The lowest BCUT2D eigenvalue weighted by Gasteiger charge is -2.24. The van der Waals surface area contributed by atoms with E-state index < -0.39 is 0 Å². The summed E-state index contributed by atoms with van der Waals surface area (Å²) in [6, 6.07) is 8.38. The van der Waals surface area contributed by atoms with Crippen LogP contribution in [-0.4, -0.2) is 36.6 Å². The van der Waals surface area contributed by atoms with E-state index in [1.54, 1.807) is 7.11 Å². The van der Waals surface area contributed by atoms with Crippen LogP contribution in [0.4, 0.5) is 0 Å². The van der Waals surface area contributed by atoms with Crippen molar-refractivity contribution < 1.29 is 9.53 Å². The number of hydrogen-bond acceptors (Lipinski definition) is 3. The molecule has 1 atom stereocenters. The number of nitrogens with zero attached hydrogens (tertiary/aromatic N) is 1. The summed E-state index contributed by atoms with van der Waals surface area (Å²) in [6.45, 7) is 3.29. The number of methoxy groups -OCH3 is 1. The highest BCUT2D eigenvalue weighted by atomic mass is 16.5. The minimum Gasteiger partial charge on any atom is -0.383 e. The molecule has 1 saturated heterocycles. The van der Waals surface area contributed by atoms with Crippen LogP contribution in [0.2, 0.25) is 0 Å². The molecular weight excluding hydrogens is 240 g/mol. The molecule has 0 bridgehead atoms. The van der Waals surface area contributed by atoms with E-state index >= 15 is 0 Å². The summed E-state index contributed by atoms with van der Waals surface area (Å²) in [4.78, 5) is 14.4. The van der Waals surface area contributed by atoms with Gasteiger partial charge in [0.2, 0.25) is 5.91 Å². The average Bonchev–Trinajstić information content (AvgIpc) is 3.14. The van der Waals surface area contributed by atoms with Crippen LogP contribution in [-0.2, 0) is 9.53 Å². The van der Waals surface area contributed by atoms with E-state index in [2.05, 4.69) is 36.5 Å². The van der Waals surface area contributed by atoms with Gasteiger partial charge < -0.3 is 9.64 Å². The Morgan fingerprint density at radius 2 is 2.05 bits per heavy atom. The maximum absolute atomic E-state index is 12.5. The van der Waals surface area contributed by atoms with Gasteiger partial charge in [-0.3, -0.25) is 10.1 Å². The molecule has 102 valence electrons. The van der Waals surface area contributed by atoms with Gasteiger partial charge in [-0.1, -0.05) is 29.8 Å². The Labute approximate surface area is 113 Å². The first kappa shape index (κ1) is 12.6. The Morgan fingerprint density at radius 1 is 1.37 bits per heavy atom. The SMILES string of the molecule is COCCN1C(=O)C2(CC2)NC1c1ccc(C)cc1. The van der Waals surface area contributed by atoms with Crippen molar-refractivity contribution in [3.05, 3.63) is 35.4 Å². The summed E-state index contributed by atoms with van der Waals surface area (Å²) in [5.41, 5.74) is 2.11. The second-order valence-electron chi connectivity index (χ2n) is 5.53. The van der Waals surface area contributed by atoms with Crippen molar-refractivity contribution in [2.75, 3.05) is 20.3 Å². The van der Waals surface area contributed by atoms with E-state index in [0.29, 0.717) is 13.2 Å². The Balaban J connectivity index is 1.85. The molecule has 1 aliphatic carbocycles. The first-order valence-corrected chi connectivity index (χ1v) is 6.80. The summed E-state index contributed by atoms with van der Waals surface area (Å²) in [5, 5.41) is 3.51. The minimum absolute atomic E-state index is 0.00856. The lowest BCUT2D eigenvalue weighted by molar-refractivity contribution is -0.131. The number of aryl methyl sites for hydroxylation is 1. The van der Waals surface area contributed by atoms with Gasteiger partial charge in [0.05, 0.1) is 6.61 Å². The smallest absolute Gasteiger partial charge is 0.244 e. The lowest BCUT2D eigenvalue weighted by Crippen LogP contribution is -2.34. The molecule has 1 amide bonds. The van der Waals surface area contributed by atoms with Gasteiger partial charge in [0.25, 0.3) is 0 Å². The number of amides is 1. The number of nitrogens with one attached hydrogen (secondary N) is 1. The summed E-state index contributed by atoms with van der Waals surface area (Å²) in [7, 11) is 1.67. The van der Waals surface area contributed by atoms with E-state index in [0.717, 1.165) is 18.4 Å². The Morgan fingerprint density at radius 3 is 2.63 bits per heavy atom. The van der Waals surface area contributed by atoms with Crippen LogP contribution in [0, 0.1) is 6.92 Å². The molecule has 1 unspecified atom stereocenters. The minimum atomic E-state index is -0.275. The van der Waals surface area contributed by atoms with Crippen LogP contribution < -0.4 is 5.32 Å². The number of rotatable bonds is 4. The molecule has 4 heteroatoms. The third-order valence-electron chi connectivity index (χ3n) is 4.07. The van der Waals surface area contributed by atoms with Gasteiger partial charge in [0, 0.05) is 13.7 Å². The molecule has 1 aliphatic heterocycles. The molecule has 1 spiro atoms. The standard InChI is InChI=1S/C15H20N2O2/c1-11-3-5-12(6-4-11)13-16-15(7-8-15)14(18)17(13)9-10-19-2/h3-6,13,16H,7-10H2,1-2H3. The summed E-state index contributed by atoms with van der Waals surface area (Å²) in [6.07, 6.45) is 1.90. The number of benzene rings is 1. The Bertz CT molecular complexity index is 479. The first-order valence-electron chi connectivity index (χ1n) is 6.80. The molecule has 1 heterocycles. The quantitative estimate of drug-likeness (QED) is 0.894. The highest BCUT2D eigenvalue weighted by Gasteiger charge is 2.59. The largest absolute Gasteiger partial charge is 0.383 e. The van der Waals surface area contributed by atoms with E-state index in [1.807, 2.05) is 4.90 Å². The Kier molecular flexibility index (Phi) is 3.07. The zero-order valence-corrected chi connectivity index (χ0v) is 11.5. The molecule has 1 N–H and O–H groups in total. The van der Waals surface area contributed by atoms with Crippen LogP contribution in [0.5, 0.6) is 0 Å². The number of hydrogen-bond donors (Lipinski definition) is 1. The molecule has 0 radical (unpaired) electrons. The van der Waals surface area contributed by atoms with Crippen LogP contribution in [0.15, 0.2) is 24.3 Å². The average molecular weight is 260 g/mol. The van der Waals surface area contributed by atoms with E-state index in [4.69, 9.17) is 4.74 Å². The molecule has 2 aliphatic rings. The third-order valence-corrected chi connectivity index (χ3v) is 4.07. The summed E-state index contributed by atoms with van der Waals surface area (Å²) >= 11 is 0. The predicted octanol–water partition coefficient (Wildman–Crippen LogP) is 1.60. The van der Waals surface area contributed by atoms with Crippen molar-refractivity contribution in [3.63, 3.8) is 0 Å². The fourth-order valence-electron chi connectivity index (χ4n) is 2.71. The van der Waals surface area contributed by atoms with Crippen molar-refractivity contribution in [3.8, 4) is 0 Å². The fourth-order valence-corrected chi connectivity index (χ4v) is 2.71. The van der Waals surface area contributed by atoms with Crippen molar-refractivity contribution >= 4 is 5.91 Å². The second-order valence-corrected chi connectivity index (χ2v) is 5.53. The topological polar surface area (TPSA) is 41.6 Å². The van der Waals surface area contributed by atoms with E-state index in [1.165, 1.54) is 5.56 Å². The van der Waals surface area contributed by atoms with E-state index in [-0.39, 0.29) is 17.6 Å². The fraction of sp³-hybridized carbons (Fsp3) is 0.533. The van der Waals surface area contributed by atoms with Crippen molar-refractivity contribution in [2.45, 2.75) is 31.5 Å². The Hall–Kier alpha value is -1.39. The van der Waals surface area contributed by atoms with Crippen LogP contribution in [0.3, 0.4) is 0 Å². The van der Waals surface area contributed by atoms with Crippen LogP contribution >= 0.6 is 0 Å². The van der Waals surface area contributed by atoms with Gasteiger partial charge in [0.15, 0.2) is 0 Å². The monoisotopic (exact) mass is 260 g/mol. The first-order chi connectivity index (χ1) is 9.16. The van der Waals surface area contributed by atoms with E-state index in [9.17, 15) is 4.79 Å². The predicted molar refractivity (Wildman–Crippen MR) is 72.6 cm³/mol. The van der Waals surface area contributed by atoms with Gasteiger partial charge >= 0.3 is 0 Å². The van der Waals surface area contributed by atoms with Crippen molar-refractivity contribution in [1.82, 2.24) is 10.2 Å².